The molecule has 0 aliphatic heterocycles. The van der Waals surface area contributed by atoms with Crippen molar-refractivity contribution < 1.29 is 0 Å². The molecule has 0 atom stereocenters. The van der Waals surface area contributed by atoms with E-state index >= 15 is 0 Å². The molecule has 3 nitrogen and oxygen atoms in total. The van der Waals surface area contributed by atoms with Crippen LogP contribution < -0.4 is 5.32 Å². The first-order valence-electron chi connectivity index (χ1n) is 3.55. The van der Waals surface area contributed by atoms with E-state index in [4.69, 9.17) is 0 Å². The van der Waals surface area contributed by atoms with E-state index < -0.39 is 0 Å². The van der Waals surface area contributed by atoms with Crippen LogP contribution in [0.3, 0.4) is 0 Å². The minimum absolute atomic E-state index is 0.778. The lowest BCUT2D eigenvalue weighted by atomic mass is 10.2. The van der Waals surface area contributed by atoms with Gasteiger partial charge in [-0.1, -0.05) is 24.4 Å². The third-order valence-electron chi connectivity index (χ3n) is 1.67. The molecule has 2 rings (SSSR count). The monoisotopic (exact) mass is 177 g/mol. The fourth-order valence-corrected chi connectivity index (χ4v) is 1.24. The number of fused-ring (bicyclic) bond motifs is 1. The third-order valence-corrected chi connectivity index (χ3v) is 1.78. The number of aromatic amines is 1. The number of H-pyrrole nitrogens is 1. The van der Waals surface area contributed by atoms with Crippen molar-refractivity contribution in [3.8, 4) is 0 Å². The molecule has 60 valence electrons. The molecule has 0 fully saturated rings. The SMILES string of the molecule is S=CNc1n[nH]c2ccccc12. The van der Waals surface area contributed by atoms with Crippen molar-refractivity contribution in [2.75, 3.05) is 5.32 Å². The lowest BCUT2D eigenvalue weighted by Crippen LogP contribution is -1.91. The van der Waals surface area contributed by atoms with Gasteiger partial charge in [0, 0.05) is 5.39 Å². The maximum absolute atomic E-state index is 4.67. The summed E-state index contributed by atoms with van der Waals surface area (Å²) in [6.45, 7) is 0. The molecular formula is C8H7N3S. The van der Waals surface area contributed by atoms with E-state index in [9.17, 15) is 0 Å². The van der Waals surface area contributed by atoms with Gasteiger partial charge < -0.3 is 5.32 Å². The largest absolute Gasteiger partial charge is 0.335 e. The summed E-state index contributed by atoms with van der Waals surface area (Å²) in [6.07, 6.45) is 0. The van der Waals surface area contributed by atoms with E-state index in [1.807, 2.05) is 24.3 Å². The Bertz CT molecular complexity index is 407. The van der Waals surface area contributed by atoms with Gasteiger partial charge in [-0.3, -0.25) is 5.10 Å². The van der Waals surface area contributed by atoms with Crippen LogP contribution >= 0.6 is 12.2 Å². The Balaban J connectivity index is 2.62. The predicted molar refractivity (Wildman–Crippen MR) is 53.4 cm³/mol. The first-order chi connectivity index (χ1) is 5.92. The number of rotatable bonds is 2. The molecule has 1 aromatic carbocycles. The van der Waals surface area contributed by atoms with Gasteiger partial charge in [-0.05, 0) is 12.1 Å². The van der Waals surface area contributed by atoms with Crippen LogP contribution in [0.2, 0.25) is 0 Å². The Morgan fingerprint density at radius 2 is 2.25 bits per heavy atom. The number of nitrogens with zero attached hydrogens (tertiary/aromatic N) is 1. The Morgan fingerprint density at radius 1 is 1.42 bits per heavy atom. The van der Waals surface area contributed by atoms with Gasteiger partial charge >= 0.3 is 0 Å². The predicted octanol–water partition coefficient (Wildman–Crippen LogP) is 1.93. The topological polar surface area (TPSA) is 40.7 Å². The minimum atomic E-state index is 0.778. The highest BCUT2D eigenvalue weighted by Gasteiger charge is 2.00. The van der Waals surface area contributed by atoms with Crippen molar-refractivity contribution in [3.05, 3.63) is 24.3 Å². The summed E-state index contributed by atoms with van der Waals surface area (Å²) in [5, 5.41) is 10.9. The Hall–Kier alpha value is -1.42. The maximum atomic E-state index is 4.67. The normalized spacial score (nSPS) is 10.0. The van der Waals surface area contributed by atoms with E-state index in [1.54, 1.807) is 0 Å². The van der Waals surface area contributed by atoms with Gasteiger partial charge in [0.25, 0.3) is 0 Å². The van der Waals surface area contributed by atoms with Gasteiger partial charge in [0.15, 0.2) is 5.82 Å². The fourth-order valence-electron chi connectivity index (χ4n) is 1.13. The van der Waals surface area contributed by atoms with Crippen LogP contribution in [0.5, 0.6) is 0 Å². The maximum Gasteiger partial charge on any atom is 0.160 e. The van der Waals surface area contributed by atoms with Gasteiger partial charge in [0.2, 0.25) is 0 Å². The van der Waals surface area contributed by atoms with Crippen molar-refractivity contribution in [1.82, 2.24) is 10.2 Å². The number of benzene rings is 1. The number of aromatic nitrogens is 2. The first kappa shape index (κ1) is 7.24. The van der Waals surface area contributed by atoms with Crippen molar-refractivity contribution in [2.45, 2.75) is 0 Å². The highest BCUT2D eigenvalue weighted by Crippen LogP contribution is 2.18. The summed E-state index contributed by atoms with van der Waals surface area (Å²) in [5.41, 5.74) is 2.46. The van der Waals surface area contributed by atoms with Crippen molar-refractivity contribution >= 4 is 34.4 Å². The van der Waals surface area contributed by atoms with Crippen molar-refractivity contribution in [2.24, 2.45) is 0 Å². The summed E-state index contributed by atoms with van der Waals surface area (Å²) in [4.78, 5) is 0. The molecule has 12 heavy (non-hydrogen) atoms. The Labute approximate surface area is 74.8 Å². The van der Waals surface area contributed by atoms with Crippen LogP contribution in [0.4, 0.5) is 5.82 Å². The lowest BCUT2D eigenvalue weighted by Gasteiger charge is -1.91. The number of thiocarbonyl (C=S) groups is 1. The number of hydrogen-bond donors (Lipinski definition) is 2. The molecule has 0 radical (unpaired) electrons. The molecule has 1 heterocycles. The standard InChI is InChI=1S/C8H7N3S/c12-5-9-8-6-3-1-2-4-7(6)10-11-8/h1-5H,(H2,9,10,11,12). The van der Waals surface area contributed by atoms with E-state index in [2.05, 4.69) is 27.7 Å². The third kappa shape index (κ3) is 1.06. The highest BCUT2D eigenvalue weighted by molar-refractivity contribution is 7.79. The van der Waals surface area contributed by atoms with E-state index in [-0.39, 0.29) is 0 Å². The zero-order chi connectivity index (χ0) is 8.39. The van der Waals surface area contributed by atoms with Crippen LogP contribution in [0.1, 0.15) is 0 Å². The molecule has 0 aliphatic carbocycles. The summed E-state index contributed by atoms with van der Waals surface area (Å²) < 4.78 is 0. The Kier molecular flexibility index (Phi) is 1.75. The second-order valence-electron chi connectivity index (χ2n) is 2.38. The molecule has 0 aliphatic rings. The molecule has 2 aromatic rings. The quantitative estimate of drug-likeness (QED) is 0.689. The van der Waals surface area contributed by atoms with Gasteiger partial charge in [-0.25, -0.2) is 0 Å². The van der Waals surface area contributed by atoms with Gasteiger partial charge in [-0.2, -0.15) is 5.10 Å². The van der Waals surface area contributed by atoms with Crippen LogP contribution in [-0.2, 0) is 0 Å². The van der Waals surface area contributed by atoms with Gasteiger partial charge in [0.1, 0.15) is 0 Å². The molecule has 2 N–H and O–H groups in total. The number of para-hydroxylation sites is 1. The molecular weight excluding hydrogens is 170 g/mol. The molecule has 0 saturated heterocycles. The van der Waals surface area contributed by atoms with Gasteiger partial charge in [-0.15, -0.1) is 0 Å². The van der Waals surface area contributed by atoms with Crippen LogP contribution in [-0.4, -0.2) is 15.7 Å². The zero-order valence-corrected chi connectivity index (χ0v) is 7.06. The average molecular weight is 177 g/mol. The van der Waals surface area contributed by atoms with Crippen LogP contribution in [0, 0.1) is 0 Å². The van der Waals surface area contributed by atoms with Crippen LogP contribution in [0.15, 0.2) is 24.3 Å². The zero-order valence-electron chi connectivity index (χ0n) is 6.24. The smallest absolute Gasteiger partial charge is 0.160 e. The number of anilines is 1. The second-order valence-corrected chi connectivity index (χ2v) is 2.62. The summed E-state index contributed by atoms with van der Waals surface area (Å²) in [7, 11) is 0. The molecule has 4 heteroatoms. The summed E-state index contributed by atoms with van der Waals surface area (Å²) >= 11 is 4.67. The number of hydrogen-bond acceptors (Lipinski definition) is 2. The van der Waals surface area contributed by atoms with Gasteiger partial charge in [0.05, 0.1) is 11.0 Å². The number of nitrogens with one attached hydrogen (secondary N) is 2. The second kappa shape index (κ2) is 2.91. The molecule has 0 unspecified atom stereocenters. The van der Waals surface area contributed by atoms with Crippen molar-refractivity contribution in [1.29, 1.82) is 0 Å². The van der Waals surface area contributed by atoms with Crippen molar-refractivity contribution in [3.63, 3.8) is 0 Å². The van der Waals surface area contributed by atoms with E-state index in [1.165, 1.54) is 5.49 Å². The molecule has 0 amide bonds. The molecule has 1 aromatic heterocycles. The fraction of sp³-hybridized carbons (Fsp3) is 0. The van der Waals surface area contributed by atoms with E-state index in [0.29, 0.717) is 0 Å². The summed E-state index contributed by atoms with van der Waals surface area (Å²) in [5.74, 6) is 0.778. The van der Waals surface area contributed by atoms with E-state index in [0.717, 1.165) is 16.7 Å². The average Bonchev–Trinajstić information content (AvgIpc) is 2.50. The molecule has 0 spiro atoms. The minimum Gasteiger partial charge on any atom is -0.335 e. The van der Waals surface area contributed by atoms with Crippen LogP contribution in [0.25, 0.3) is 10.9 Å². The lowest BCUT2D eigenvalue weighted by molar-refractivity contribution is 1.13. The Morgan fingerprint density at radius 3 is 3.08 bits per heavy atom. The molecule has 0 saturated carbocycles. The molecule has 0 bridgehead atoms. The highest BCUT2D eigenvalue weighted by atomic mass is 32.1. The first-order valence-corrected chi connectivity index (χ1v) is 4.02. The summed E-state index contributed by atoms with van der Waals surface area (Å²) in [6, 6.07) is 7.88.